The first kappa shape index (κ1) is 16.3. The number of nitrogens with zero attached hydrogens (tertiary/aromatic N) is 1. The molecule has 1 heterocycles. The Balaban J connectivity index is 2.04. The van der Waals surface area contributed by atoms with Gasteiger partial charge in [-0.15, -0.1) is 0 Å². The van der Waals surface area contributed by atoms with Gasteiger partial charge in [0.2, 0.25) is 5.91 Å². The van der Waals surface area contributed by atoms with Gasteiger partial charge in [-0.3, -0.25) is 9.59 Å². The molecular weight excluding hydrogens is 268 g/mol. The van der Waals surface area contributed by atoms with E-state index in [4.69, 9.17) is 10.5 Å². The van der Waals surface area contributed by atoms with E-state index < -0.39 is 0 Å². The molecule has 0 aromatic carbocycles. The van der Waals surface area contributed by atoms with Crippen molar-refractivity contribution in [3.05, 3.63) is 0 Å². The molecule has 5 heteroatoms. The maximum atomic E-state index is 12.9. The maximum absolute atomic E-state index is 12.9. The van der Waals surface area contributed by atoms with Gasteiger partial charge in [0.15, 0.2) is 0 Å². The standard InChI is InChI=1S/C16H28N2O3/c1-21-15(19)10-13-7-4-5-9-18(13)16(20)14-8-3-2-6-12(14)11-17/h12-14H,2-11,17H2,1H3. The summed E-state index contributed by atoms with van der Waals surface area (Å²) in [5, 5.41) is 0. The molecule has 0 radical (unpaired) electrons. The van der Waals surface area contributed by atoms with Crippen molar-refractivity contribution in [3.63, 3.8) is 0 Å². The van der Waals surface area contributed by atoms with E-state index >= 15 is 0 Å². The van der Waals surface area contributed by atoms with Gasteiger partial charge in [-0.1, -0.05) is 12.8 Å². The van der Waals surface area contributed by atoms with Crippen molar-refractivity contribution in [2.24, 2.45) is 17.6 Å². The Bertz CT molecular complexity index is 373. The monoisotopic (exact) mass is 296 g/mol. The SMILES string of the molecule is COC(=O)CC1CCCCN1C(=O)C1CCCCC1CN. The molecule has 2 fully saturated rings. The average molecular weight is 296 g/mol. The third-order valence-electron chi connectivity index (χ3n) is 5.07. The molecule has 0 bridgehead atoms. The number of methoxy groups -OCH3 is 1. The molecule has 120 valence electrons. The van der Waals surface area contributed by atoms with Gasteiger partial charge in [0.1, 0.15) is 0 Å². The lowest BCUT2D eigenvalue weighted by Crippen LogP contribution is -2.49. The zero-order valence-corrected chi connectivity index (χ0v) is 13.1. The summed E-state index contributed by atoms with van der Waals surface area (Å²) in [5.41, 5.74) is 5.85. The minimum Gasteiger partial charge on any atom is -0.469 e. The summed E-state index contributed by atoms with van der Waals surface area (Å²) >= 11 is 0. The molecule has 0 aromatic rings. The van der Waals surface area contributed by atoms with Gasteiger partial charge < -0.3 is 15.4 Å². The van der Waals surface area contributed by atoms with Crippen LogP contribution in [0.3, 0.4) is 0 Å². The molecule has 3 atom stereocenters. The van der Waals surface area contributed by atoms with Crippen LogP contribution < -0.4 is 5.73 Å². The van der Waals surface area contributed by atoms with Crippen molar-refractivity contribution in [1.82, 2.24) is 4.90 Å². The van der Waals surface area contributed by atoms with E-state index in [1.807, 2.05) is 4.90 Å². The fourth-order valence-corrected chi connectivity index (χ4v) is 3.81. The van der Waals surface area contributed by atoms with Crippen molar-refractivity contribution < 1.29 is 14.3 Å². The van der Waals surface area contributed by atoms with Crippen LogP contribution >= 0.6 is 0 Å². The quantitative estimate of drug-likeness (QED) is 0.801. The number of carbonyl (C=O) groups is 2. The number of rotatable bonds is 4. The van der Waals surface area contributed by atoms with E-state index in [9.17, 15) is 9.59 Å². The molecule has 5 nitrogen and oxygen atoms in total. The summed E-state index contributed by atoms with van der Waals surface area (Å²) in [7, 11) is 1.41. The summed E-state index contributed by atoms with van der Waals surface area (Å²) in [5.74, 6) is 0.367. The van der Waals surface area contributed by atoms with Crippen LogP contribution in [0.5, 0.6) is 0 Å². The molecule has 1 aliphatic carbocycles. The molecule has 0 spiro atoms. The number of esters is 1. The van der Waals surface area contributed by atoms with Crippen molar-refractivity contribution in [2.75, 3.05) is 20.2 Å². The Kier molecular flexibility index (Phi) is 6.03. The molecule has 1 amide bonds. The molecule has 2 rings (SSSR count). The Morgan fingerprint density at radius 2 is 1.86 bits per heavy atom. The third kappa shape index (κ3) is 3.96. The summed E-state index contributed by atoms with van der Waals surface area (Å²) in [6, 6.07) is 0.0130. The number of ether oxygens (including phenoxy) is 1. The van der Waals surface area contributed by atoms with Crippen molar-refractivity contribution in [1.29, 1.82) is 0 Å². The molecule has 1 saturated heterocycles. The molecule has 2 N–H and O–H groups in total. The average Bonchev–Trinajstić information content (AvgIpc) is 2.54. The number of likely N-dealkylation sites (tertiary alicyclic amines) is 1. The molecular formula is C16H28N2O3. The van der Waals surface area contributed by atoms with Gasteiger partial charge >= 0.3 is 5.97 Å². The molecule has 21 heavy (non-hydrogen) atoms. The molecule has 2 aliphatic rings. The highest BCUT2D eigenvalue weighted by Gasteiger charge is 2.37. The van der Waals surface area contributed by atoms with Crippen LogP contribution in [-0.2, 0) is 14.3 Å². The molecule has 0 aromatic heterocycles. The lowest BCUT2D eigenvalue weighted by atomic mass is 9.78. The van der Waals surface area contributed by atoms with Crippen LogP contribution in [0.4, 0.5) is 0 Å². The van der Waals surface area contributed by atoms with E-state index in [0.29, 0.717) is 18.9 Å². The van der Waals surface area contributed by atoms with Crippen LogP contribution in [0.15, 0.2) is 0 Å². The highest BCUT2D eigenvalue weighted by Crippen LogP contribution is 2.33. The summed E-state index contributed by atoms with van der Waals surface area (Å²) in [6.07, 6.45) is 7.63. The predicted octanol–water partition coefficient (Wildman–Crippen LogP) is 1.70. The highest BCUT2D eigenvalue weighted by molar-refractivity contribution is 5.80. The molecule has 1 aliphatic heterocycles. The second kappa shape index (κ2) is 7.78. The Morgan fingerprint density at radius 1 is 1.14 bits per heavy atom. The molecule has 3 unspecified atom stereocenters. The zero-order valence-electron chi connectivity index (χ0n) is 13.1. The number of hydrogen-bond donors (Lipinski definition) is 1. The largest absolute Gasteiger partial charge is 0.469 e. The fourth-order valence-electron chi connectivity index (χ4n) is 3.81. The summed E-state index contributed by atoms with van der Waals surface area (Å²) in [4.78, 5) is 26.4. The normalized spacial score (nSPS) is 30.0. The first-order chi connectivity index (χ1) is 10.2. The van der Waals surface area contributed by atoms with Gasteiger partial charge in [0, 0.05) is 18.5 Å². The van der Waals surface area contributed by atoms with E-state index in [0.717, 1.165) is 45.1 Å². The van der Waals surface area contributed by atoms with Gasteiger partial charge in [-0.25, -0.2) is 0 Å². The van der Waals surface area contributed by atoms with Gasteiger partial charge in [-0.2, -0.15) is 0 Å². The van der Waals surface area contributed by atoms with Crippen LogP contribution in [0, 0.1) is 11.8 Å². The van der Waals surface area contributed by atoms with E-state index in [1.54, 1.807) is 0 Å². The van der Waals surface area contributed by atoms with Crippen LogP contribution in [0.1, 0.15) is 51.4 Å². The molecule has 1 saturated carbocycles. The number of carbonyl (C=O) groups excluding carboxylic acids is 2. The maximum Gasteiger partial charge on any atom is 0.307 e. The predicted molar refractivity (Wildman–Crippen MR) is 80.5 cm³/mol. The number of hydrogen-bond acceptors (Lipinski definition) is 4. The lowest BCUT2D eigenvalue weighted by molar-refractivity contribution is -0.147. The highest BCUT2D eigenvalue weighted by atomic mass is 16.5. The van der Waals surface area contributed by atoms with Gasteiger partial charge in [0.25, 0.3) is 0 Å². The fraction of sp³-hybridized carbons (Fsp3) is 0.875. The van der Waals surface area contributed by atoms with E-state index in [-0.39, 0.29) is 23.8 Å². The van der Waals surface area contributed by atoms with Gasteiger partial charge in [-0.05, 0) is 44.6 Å². The number of amides is 1. The van der Waals surface area contributed by atoms with Crippen molar-refractivity contribution in [3.8, 4) is 0 Å². The Labute approximate surface area is 127 Å². The third-order valence-corrected chi connectivity index (χ3v) is 5.07. The minimum atomic E-state index is -0.223. The Morgan fingerprint density at radius 3 is 2.57 bits per heavy atom. The first-order valence-electron chi connectivity index (χ1n) is 8.24. The smallest absolute Gasteiger partial charge is 0.307 e. The second-order valence-corrected chi connectivity index (χ2v) is 6.35. The van der Waals surface area contributed by atoms with Crippen molar-refractivity contribution in [2.45, 2.75) is 57.4 Å². The van der Waals surface area contributed by atoms with Gasteiger partial charge in [0.05, 0.1) is 13.5 Å². The Hall–Kier alpha value is -1.10. The topological polar surface area (TPSA) is 72.6 Å². The lowest BCUT2D eigenvalue weighted by Gasteiger charge is -2.40. The summed E-state index contributed by atoms with van der Waals surface area (Å²) in [6.45, 7) is 1.36. The zero-order chi connectivity index (χ0) is 15.2. The van der Waals surface area contributed by atoms with Crippen LogP contribution in [0.25, 0.3) is 0 Å². The van der Waals surface area contributed by atoms with Crippen LogP contribution in [0.2, 0.25) is 0 Å². The van der Waals surface area contributed by atoms with Crippen LogP contribution in [-0.4, -0.2) is 43.0 Å². The number of piperidine rings is 1. The minimum absolute atomic E-state index is 0.0130. The van der Waals surface area contributed by atoms with E-state index in [2.05, 4.69) is 0 Å². The van der Waals surface area contributed by atoms with E-state index in [1.165, 1.54) is 13.5 Å². The second-order valence-electron chi connectivity index (χ2n) is 6.35. The number of nitrogens with two attached hydrogens (primary N) is 1. The summed E-state index contributed by atoms with van der Waals surface area (Å²) < 4.78 is 4.77. The first-order valence-corrected chi connectivity index (χ1v) is 8.24. The van der Waals surface area contributed by atoms with Crippen molar-refractivity contribution >= 4 is 11.9 Å².